The van der Waals surface area contributed by atoms with Gasteiger partial charge in [-0.05, 0) is 54.5 Å². The Balaban J connectivity index is 1.66. The Morgan fingerprint density at radius 1 is 1.26 bits per heavy atom. The number of aromatic nitrogens is 3. The molecule has 0 aliphatic rings. The van der Waals surface area contributed by atoms with Crippen molar-refractivity contribution in [2.24, 2.45) is 5.92 Å². The molecular formula is C20H24N4OS2. The zero-order valence-corrected chi connectivity index (χ0v) is 17.6. The van der Waals surface area contributed by atoms with Crippen LogP contribution in [-0.2, 0) is 4.79 Å². The molecule has 3 aromatic rings. The molecule has 5 nitrogen and oxygen atoms in total. The zero-order chi connectivity index (χ0) is 19.4. The molecule has 0 saturated heterocycles. The monoisotopic (exact) mass is 400 g/mol. The summed E-state index contributed by atoms with van der Waals surface area (Å²) in [6.45, 7) is 8.41. The van der Waals surface area contributed by atoms with E-state index < -0.39 is 0 Å². The van der Waals surface area contributed by atoms with Gasteiger partial charge in [0.25, 0.3) is 0 Å². The Bertz CT molecular complexity index is 903. The fourth-order valence-electron chi connectivity index (χ4n) is 2.76. The molecule has 1 amide bonds. The van der Waals surface area contributed by atoms with E-state index in [4.69, 9.17) is 0 Å². The maximum Gasteiger partial charge on any atom is 0.230 e. The predicted molar refractivity (Wildman–Crippen MR) is 112 cm³/mol. The van der Waals surface area contributed by atoms with Crippen molar-refractivity contribution in [3.05, 3.63) is 58.0 Å². The van der Waals surface area contributed by atoms with E-state index in [0.717, 1.165) is 5.69 Å². The van der Waals surface area contributed by atoms with Crippen LogP contribution in [0.5, 0.6) is 0 Å². The minimum atomic E-state index is 0.00161. The molecule has 2 heterocycles. The van der Waals surface area contributed by atoms with E-state index in [1.807, 2.05) is 22.1 Å². The molecule has 0 aliphatic heterocycles. The molecule has 1 unspecified atom stereocenters. The first-order valence-electron chi connectivity index (χ1n) is 8.89. The van der Waals surface area contributed by atoms with Gasteiger partial charge in [-0.1, -0.05) is 37.7 Å². The van der Waals surface area contributed by atoms with E-state index in [1.165, 1.54) is 27.8 Å². The van der Waals surface area contributed by atoms with Crippen molar-refractivity contribution < 1.29 is 4.79 Å². The topological polar surface area (TPSA) is 59.8 Å². The molecule has 0 saturated carbocycles. The first kappa shape index (κ1) is 19.6. The number of hydrogen-bond acceptors (Lipinski definition) is 5. The predicted octanol–water partition coefficient (Wildman–Crippen LogP) is 4.55. The van der Waals surface area contributed by atoms with E-state index >= 15 is 0 Å². The summed E-state index contributed by atoms with van der Waals surface area (Å²) < 4.78 is 1.92. The van der Waals surface area contributed by atoms with Crippen molar-refractivity contribution >= 4 is 29.0 Å². The summed E-state index contributed by atoms with van der Waals surface area (Å²) in [5, 5.41) is 14.1. The Hall–Kier alpha value is -2.12. The van der Waals surface area contributed by atoms with Crippen LogP contribution in [0.1, 0.15) is 35.9 Å². The number of carbonyl (C=O) groups excluding carboxylic acids is 1. The molecule has 27 heavy (non-hydrogen) atoms. The van der Waals surface area contributed by atoms with Gasteiger partial charge >= 0.3 is 0 Å². The summed E-state index contributed by atoms with van der Waals surface area (Å²) in [4.78, 5) is 13.7. The van der Waals surface area contributed by atoms with E-state index in [9.17, 15) is 4.79 Å². The molecule has 1 N–H and O–H groups in total. The maximum absolute atomic E-state index is 12.5. The molecule has 2 aromatic heterocycles. The maximum atomic E-state index is 12.5. The fraction of sp³-hybridized carbons (Fsp3) is 0.350. The van der Waals surface area contributed by atoms with Gasteiger partial charge in [-0.15, -0.1) is 21.5 Å². The third kappa shape index (κ3) is 4.78. The van der Waals surface area contributed by atoms with Gasteiger partial charge < -0.3 is 5.32 Å². The highest BCUT2D eigenvalue weighted by Gasteiger charge is 2.20. The van der Waals surface area contributed by atoms with Crippen molar-refractivity contribution in [3.8, 4) is 5.69 Å². The van der Waals surface area contributed by atoms with Gasteiger partial charge in [0.15, 0.2) is 5.16 Å². The van der Waals surface area contributed by atoms with Gasteiger partial charge in [-0.2, -0.15) is 0 Å². The number of carbonyl (C=O) groups is 1. The number of thiophene rings is 1. The number of rotatable bonds is 7. The average Bonchev–Trinajstić information content (AvgIpc) is 3.31. The molecule has 0 radical (unpaired) electrons. The van der Waals surface area contributed by atoms with Crippen molar-refractivity contribution in [3.63, 3.8) is 0 Å². The first-order valence-corrected chi connectivity index (χ1v) is 10.8. The summed E-state index contributed by atoms with van der Waals surface area (Å²) in [6.07, 6.45) is 1.69. The lowest BCUT2D eigenvalue weighted by molar-refractivity contribution is -0.119. The first-order chi connectivity index (χ1) is 13.0. The van der Waals surface area contributed by atoms with Crippen LogP contribution in [0.2, 0.25) is 0 Å². The summed E-state index contributed by atoms with van der Waals surface area (Å²) >= 11 is 3.07. The molecule has 1 aromatic carbocycles. The Kier molecular flexibility index (Phi) is 6.34. The second-order valence-electron chi connectivity index (χ2n) is 6.85. The van der Waals surface area contributed by atoms with Crippen LogP contribution in [0.3, 0.4) is 0 Å². The Labute approximate surface area is 168 Å². The van der Waals surface area contributed by atoms with Gasteiger partial charge in [0, 0.05) is 10.6 Å². The number of aryl methyl sites for hydroxylation is 2. The SMILES string of the molecule is Cc1ccc(-n2cnnc2SCC(=O)NC(c2cccs2)C(C)C)cc1C. The highest BCUT2D eigenvalue weighted by molar-refractivity contribution is 7.99. The average molecular weight is 401 g/mol. The number of hydrogen-bond donors (Lipinski definition) is 1. The Morgan fingerprint density at radius 3 is 2.74 bits per heavy atom. The van der Waals surface area contributed by atoms with E-state index in [1.54, 1.807) is 17.7 Å². The number of amides is 1. The van der Waals surface area contributed by atoms with Crippen LogP contribution in [0, 0.1) is 19.8 Å². The highest BCUT2D eigenvalue weighted by atomic mass is 32.2. The van der Waals surface area contributed by atoms with Gasteiger partial charge in [0.05, 0.1) is 11.8 Å². The van der Waals surface area contributed by atoms with E-state index in [-0.39, 0.29) is 11.9 Å². The molecule has 0 aliphatic carbocycles. The smallest absolute Gasteiger partial charge is 0.230 e. The minimum absolute atomic E-state index is 0.00161. The van der Waals surface area contributed by atoms with Crippen molar-refractivity contribution in [1.29, 1.82) is 0 Å². The van der Waals surface area contributed by atoms with Crippen LogP contribution in [0.25, 0.3) is 5.69 Å². The quantitative estimate of drug-likeness (QED) is 0.591. The summed E-state index contributed by atoms with van der Waals surface area (Å²) in [6, 6.07) is 10.4. The van der Waals surface area contributed by atoms with Crippen molar-refractivity contribution in [2.45, 2.75) is 38.9 Å². The third-order valence-electron chi connectivity index (χ3n) is 4.45. The van der Waals surface area contributed by atoms with Crippen LogP contribution in [-0.4, -0.2) is 26.4 Å². The molecule has 7 heteroatoms. The van der Waals surface area contributed by atoms with Crippen molar-refractivity contribution in [2.75, 3.05) is 5.75 Å². The molecule has 3 rings (SSSR count). The lowest BCUT2D eigenvalue weighted by Crippen LogP contribution is -2.32. The molecule has 0 spiro atoms. The number of nitrogens with one attached hydrogen (secondary N) is 1. The molecule has 0 fully saturated rings. The zero-order valence-electron chi connectivity index (χ0n) is 16.0. The van der Waals surface area contributed by atoms with Crippen LogP contribution in [0.15, 0.2) is 47.2 Å². The van der Waals surface area contributed by atoms with Gasteiger partial charge in [0.2, 0.25) is 5.91 Å². The van der Waals surface area contributed by atoms with Crippen LogP contribution < -0.4 is 5.32 Å². The summed E-state index contributed by atoms with van der Waals surface area (Å²) in [7, 11) is 0. The van der Waals surface area contributed by atoms with E-state index in [2.05, 4.69) is 61.4 Å². The molecule has 0 bridgehead atoms. The second-order valence-corrected chi connectivity index (χ2v) is 8.77. The van der Waals surface area contributed by atoms with Crippen LogP contribution >= 0.6 is 23.1 Å². The highest BCUT2D eigenvalue weighted by Crippen LogP contribution is 2.26. The number of thioether (sulfide) groups is 1. The third-order valence-corrected chi connectivity index (χ3v) is 6.35. The minimum Gasteiger partial charge on any atom is -0.347 e. The number of benzene rings is 1. The summed E-state index contributed by atoms with van der Waals surface area (Å²) in [5.41, 5.74) is 3.46. The fourth-order valence-corrected chi connectivity index (χ4v) is 4.44. The lowest BCUT2D eigenvalue weighted by Gasteiger charge is -2.21. The second kappa shape index (κ2) is 8.71. The normalized spacial score (nSPS) is 12.3. The van der Waals surface area contributed by atoms with Gasteiger partial charge in [-0.3, -0.25) is 9.36 Å². The number of nitrogens with zero attached hydrogens (tertiary/aromatic N) is 3. The molecule has 142 valence electrons. The van der Waals surface area contributed by atoms with Crippen molar-refractivity contribution in [1.82, 2.24) is 20.1 Å². The largest absolute Gasteiger partial charge is 0.347 e. The van der Waals surface area contributed by atoms with Gasteiger partial charge in [0.1, 0.15) is 6.33 Å². The Morgan fingerprint density at radius 2 is 2.07 bits per heavy atom. The van der Waals surface area contributed by atoms with Crippen LogP contribution in [0.4, 0.5) is 0 Å². The lowest BCUT2D eigenvalue weighted by atomic mass is 10.0. The molecular weight excluding hydrogens is 376 g/mol. The van der Waals surface area contributed by atoms with E-state index in [0.29, 0.717) is 16.8 Å². The molecule has 1 atom stereocenters. The van der Waals surface area contributed by atoms with Gasteiger partial charge in [-0.25, -0.2) is 0 Å². The summed E-state index contributed by atoms with van der Waals surface area (Å²) in [5.74, 6) is 0.636. The standard InChI is InChI=1S/C20H24N4OS2/c1-13(2)19(17-6-5-9-26-17)22-18(25)11-27-20-23-21-12-24(20)16-8-7-14(3)15(4)10-16/h5-10,12-13,19H,11H2,1-4H3,(H,22,25).